The third kappa shape index (κ3) is 9.66. The van der Waals surface area contributed by atoms with Crippen LogP contribution < -0.4 is 18.9 Å². The van der Waals surface area contributed by atoms with Crippen LogP contribution >= 0.6 is 0 Å². The van der Waals surface area contributed by atoms with Gasteiger partial charge in [0.05, 0.1) is 26.9 Å². The zero-order chi connectivity index (χ0) is 41.0. The van der Waals surface area contributed by atoms with E-state index in [0.717, 1.165) is 5.56 Å². The molecule has 3 saturated heterocycles. The molecule has 0 spiro atoms. The fourth-order valence-electron chi connectivity index (χ4n) is 6.82. The summed E-state index contributed by atoms with van der Waals surface area (Å²) in [6, 6.07) is 9.91. The highest BCUT2D eigenvalue weighted by Crippen LogP contribution is 2.37. The molecule has 0 aliphatic carbocycles. The van der Waals surface area contributed by atoms with Crippen molar-refractivity contribution in [2.75, 3.05) is 26.9 Å². The van der Waals surface area contributed by atoms with Gasteiger partial charge in [0, 0.05) is 0 Å². The summed E-state index contributed by atoms with van der Waals surface area (Å²) in [5, 5.41) is 122. The Morgan fingerprint density at radius 1 is 0.464 bits per heavy atom. The van der Waals surface area contributed by atoms with E-state index in [9.17, 15) is 61.3 Å². The third-order valence-electron chi connectivity index (χ3n) is 10.6. The molecule has 3 aliphatic heterocycles. The lowest BCUT2D eigenvalue weighted by Crippen LogP contribution is -2.60. The van der Waals surface area contributed by atoms with Gasteiger partial charge in [-0.2, -0.15) is 0 Å². The fraction of sp³-hybridized carbons (Fsp3) is 0.676. The Balaban J connectivity index is 1.31. The first-order valence-corrected chi connectivity index (χ1v) is 18.3. The van der Waals surface area contributed by atoms with Crippen molar-refractivity contribution in [1.82, 2.24) is 0 Å². The zero-order valence-electron chi connectivity index (χ0n) is 31.0. The van der Waals surface area contributed by atoms with Crippen molar-refractivity contribution in [2.24, 2.45) is 11.8 Å². The Morgan fingerprint density at radius 2 is 0.786 bits per heavy atom. The van der Waals surface area contributed by atoms with Gasteiger partial charge >= 0.3 is 0 Å². The maximum atomic E-state index is 10.7. The van der Waals surface area contributed by atoms with Gasteiger partial charge in [0.1, 0.15) is 73.2 Å². The van der Waals surface area contributed by atoms with E-state index in [1.54, 1.807) is 30.3 Å². The molecule has 0 amide bonds. The number of aliphatic hydroxyl groups excluding tert-OH is 12. The molecule has 3 fully saturated rings. The molecule has 2 aromatic carbocycles. The van der Waals surface area contributed by atoms with Crippen LogP contribution in [0.2, 0.25) is 0 Å². The quantitative estimate of drug-likeness (QED) is 0.0824. The predicted molar refractivity (Wildman–Crippen MR) is 188 cm³/mol. The molecule has 2 aromatic rings. The van der Waals surface area contributed by atoms with E-state index < -0.39 is 112 Å². The number of methoxy groups -OCH3 is 1. The largest absolute Gasteiger partial charge is 0.493 e. The first-order valence-electron chi connectivity index (χ1n) is 18.3. The molecular formula is C37H54O19. The number of hydrogen-bond donors (Lipinski definition) is 12. The monoisotopic (exact) mass is 802 g/mol. The molecule has 19 heteroatoms. The molecule has 19 nitrogen and oxygen atoms in total. The molecule has 2 unspecified atom stereocenters. The van der Waals surface area contributed by atoms with Crippen LogP contribution in [0.15, 0.2) is 36.4 Å². The summed E-state index contributed by atoms with van der Waals surface area (Å²) in [5.41, 5.74) is 1.59. The van der Waals surface area contributed by atoms with E-state index in [-0.39, 0.29) is 29.1 Å². The van der Waals surface area contributed by atoms with E-state index >= 15 is 0 Å². The molecule has 0 radical (unpaired) electrons. The van der Waals surface area contributed by atoms with Crippen molar-refractivity contribution in [3.8, 4) is 23.0 Å². The second kappa shape index (κ2) is 19.2. The van der Waals surface area contributed by atoms with Gasteiger partial charge in [-0.15, -0.1) is 0 Å². The van der Waals surface area contributed by atoms with Gasteiger partial charge in [-0.3, -0.25) is 0 Å². The molecule has 0 saturated carbocycles. The van der Waals surface area contributed by atoms with Crippen LogP contribution in [0.3, 0.4) is 0 Å². The lowest BCUT2D eigenvalue weighted by atomic mass is 9.85. The van der Waals surface area contributed by atoms with Gasteiger partial charge in [-0.25, -0.2) is 0 Å². The standard InChI is InChI=1S/C37H54O19/c1-15(8-17-4-6-19(21(10-17)50-3)51-35-32(47)29(44)26(41)23(12-38)54-35)16(2)9-18-5-7-20(52-36-33(48)30(45)27(42)24(13-39)55-36)22(11-18)53-37-34(49)31(46)28(43)25(14-40)56-37/h4-7,10-11,15-16,23-49H,8-9,12-14H2,1-3H3/t15?,16?,23-,24-,25-,26-,27-,28-,29+,30+,31+,32-,33-,34-,35-,36-,37-/m1/s1. The lowest BCUT2D eigenvalue weighted by Gasteiger charge is -2.41. The van der Waals surface area contributed by atoms with E-state index in [0.29, 0.717) is 24.2 Å². The molecule has 3 aliphatic rings. The van der Waals surface area contributed by atoms with Gasteiger partial charge in [0.15, 0.2) is 23.0 Å². The minimum atomic E-state index is -1.76. The van der Waals surface area contributed by atoms with Crippen molar-refractivity contribution in [3.63, 3.8) is 0 Å². The van der Waals surface area contributed by atoms with Crippen LogP contribution in [-0.2, 0) is 27.1 Å². The van der Waals surface area contributed by atoms with Gasteiger partial charge in [0.2, 0.25) is 18.9 Å². The second-order valence-corrected chi connectivity index (χ2v) is 14.6. The van der Waals surface area contributed by atoms with Crippen LogP contribution in [0, 0.1) is 11.8 Å². The van der Waals surface area contributed by atoms with Crippen LogP contribution in [0.1, 0.15) is 25.0 Å². The Kier molecular flexibility index (Phi) is 15.1. The second-order valence-electron chi connectivity index (χ2n) is 14.6. The first-order chi connectivity index (χ1) is 26.6. The van der Waals surface area contributed by atoms with Gasteiger partial charge in [-0.1, -0.05) is 26.0 Å². The molecule has 12 N–H and O–H groups in total. The number of benzene rings is 2. The normalized spacial score (nSPS) is 37.4. The Hall–Kier alpha value is -2.96. The van der Waals surface area contributed by atoms with Crippen LogP contribution in [-0.4, -0.2) is 180 Å². The molecule has 17 atom stereocenters. The van der Waals surface area contributed by atoms with Crippen molar-refractivity contribution in [2.45, 2.75) is 119 Å². The van der Waals surface area contributed by atoms with Crippen molar-refractivity contribution in [1.29, 1.82) is 0 Å². The highest BCUT2D eigenvalue weighted by atomic mass is 16.7. The molecule has 5 rings (SSSR count). The molecule has 0 bridgehead atoms. The molecule has 316 valence electrons. The SMILES string of the molecule is COc1cc(CC(C)C(C)Cc2ccc(O[C@@H]3O[C@H](CO)[C@@H](O)[C@H](O)[C@H]3O)c(O[C@@H]3O[C@H](CO)[C@@H](O)[C@H](O)[C@H]3O)c2)ccc1O[C@@H]1O[C@H](CO)[C@@H](O)[C@H](O)[C@H]1O. The molecule has 0 aromatic heterocycles. The highest BCUT2D eigenvalue weighted by Gasteiger charge is 2.47. The predicted octanol–water partition coefficient (Wildman–Crippen LogP) is -3.71. The van der Waals surface area contributed by atoms with Crippen LogP contribution in [0.5, 0.6) is 23.0 Å². The maximum absolute atomic E-state index is 10.7. The van der Waals surface area contributed by atoms with Crippen molar-refractivity contribution >= 4 is 0 Å². The van der Waals surface area contributed by atoms with E-state index in [4.69, 9.17) is 33.2 Å². The summed E-state index contributed by atoms with van der Waals surface area (Å²) >= 11 is 0. The van der Waals surface area contributed by atoms with Crippen LogP contribution in [0.25, 0.3) is 0 Å². The number of rotatable bonds is 15. The maximum Gasteiger partial charge on any atom is 0.229 e. The zero-order valence-corrected chi connectivity index (χ0v) is 31.0. The summed E-state index contributed by atoms with van der Waals surface area (Å²) in [6.07, 6.45) is -22.2. The fourth-order valence-corrected chi connectivity index (χ4v) is 6.82. The summed E-state index contributed by atoms with van der Waals surface area (Å²) < 4.78 is 39.6. The Bertz CT molecular complexity index is 1540. The molecular weight excluding hydrogens is 748 g/mol. The minimum Gasteiger partial charge on any atom is -0.493 e. The van der Waals surface area contributed by atoms with Gasteiger partial charge < -0.3 is 94.4 Å². The molecule has 3 heterocycles. The summed E-state index contributed by atoms with van der Waals surface area (Å²) in [4.78, 5) is 0. The van der Waals surface area contributed by atoms with E-state index in [1.807, 2.05) is 13.8 Å². The summed E-state index contributed by atoms with van der Waals surface area (Å²) in [5.74, 6) is 0.431. The van der Waals surface area contributed by atoms with Crippen molar-refractivity contribution < 1.29 is 94.4 Å². The average molecular weight is 803 g/mol. The van der Waals surface area contributed by atoms with Gasteiger partial charge in [-0.05, 0) is 60.1 Å². The van der Waals surface area contributed by atoms with E-state index in [2.05, 4.69) is 0 Å². The summed E-state index contributed by atoms with van der Waals surface area (Å²) in [7, 11) is 1.43. The van der Waals surface area contributed by atoms with Crippen molar-refractivity contribution in [3.05, 3.63) is 47.5 Å². The topological polar surface area (TPSA) is 307 Å². The average Bonchev–Trinajstić information content (AvgIpc) is 3.19. The smallest absolute Gasteiger partial charge is 0.229 e. The highest BCUT2D eigenvalue weighted by molar-refractivity contribution is 5.44. The van der Waals surface area contributed by atoms with Crippen LogP contribution in [0.4, 0.5) is 0 Å². The minimum absolute atomic E-state index is 0.0170. The Morgan fingerprint density at radius 3 is 1.12 bits per heavy atom. The van der Waals surface area contributed by atoms with E-state index in [1.165, 1.54) is 13.2 Å². The first kappa shape index (κ1) is 44.1. The lowest BCUT2D eigenvalue weighted by molar-refractivity contribution is -0.282. The van der Waals surface area contributed by atoms with Gasteiger partial charge in [0.25, 0.3) is 0 Å². The number of hydrogen-bond acceptors (Lipinski definition) is 19. The number of ether oxygens (including phenoxy) is 7. The number of aliphatic hydroxyl groups is 12. The third-order valence-corrected chi connectivity index (χ3v) is 10.6. The summed E-state index contributed by atoms with van der Waals surface area (Å²) in [6.45, 7) is 2.06. The molecule has 56 heavy (non-hydrogen) atoms. The Labute approximate surface area is 322 Å².